The minimum absolute atomic E-state index is 0.0437. The van der Waals surface area contributed by atoms with Crippen LogP contribution in [0.15, 0.2) is 18.2 Å². The Balaban J connectivity index is 1.71. The second-order valence-electron chi connectivity index (χ2n) is 11.6. The predicted molar refractivity (Wildman–Crippen MR) is 127 cm³/mol. The number of halogens is 2. The molecule has 2 aliphatic rings. The molecule has 1 aromatic carbocycles. The molecular formula is C24H35Cl2N3O2. The summed E-state index contributed by atoms with van der Waals surface area (Å²) in [5.41, 5.74) is -0.0696. The van der Waals surface area contributed by atoms with Gasteiger partial charge in [0.15, 0.2) is 0 Å². The quantitative estimate of drug-likeness (QED) is 0.650. The van der Waals surface area contributed by atoms with E-state index in [1.54, 1.807) is 18.2 Å². The number of carbonyl (C=O) groups is 2. The summed E-state index contributed by atoms with van der Waals surface area (Å²) in [6.45, 7) is 15.2. The molecule has 31 heavy (non-hydrogen) atoms. The Bertz CT molecular complexity index is 851. The Morgan fingerprint density at radius 3 is 2.03 bits per heavy atom. The van der Waals surface area contributed by atoms with Gasteiger partial charge < -0.3 is 10.6 Å². The molecule has 2 amide bonds. The van der Waals surface area contributed by atoms with E-state index in [0.717, 1.165) is 19.3 Å². The Labute approximate surface area is 196 Å². The van der Waals surface area contributed by atoms with Gasteiger partial charge in [0.2, 0.25) is 5.91 Å². The van der Waals surface area contributed by atoms with Gasteiger partial charge in [0, 0.05) is 38.3 Å². The minimum Gasteiger partial charge on any atom is -0.350 e. The molecule has 1 aliphatic heterocycles. The molecule has 1 spiro atoms. The molecule has 1 aromatic rings. The standard InChI is InChI=1S/C24H35Cl2N3O2/c1-21(2,3)28-19(30)12-29-22(4,5)13-24(14-23(29,6)7)11-18(24)27-20(31)15-8-16(25)10-17(26)9-15/h8-10,18H,11-14H2,1-7H3,(H,27,31)(H,28,30). The zero-order valence-corrected chi connectivity index (χ0v) is 21.2. The Morgan fingerprint density at radius 1 is 1.03 bits per heavy atom. The van der Waals surface area contributed by atoms with Crippen molar-refractivity contribution in [3.8, 4) is 0 Å². The smallest absolute Gasteiger partial charge is 0.251 e. The van der Waals surface area contributed by atoms with Crippen molar-refractivity contribution in [2.75, 3.05) is 6.54 Å². The van der Waals surface area contributed by atoms with Crippen LogP contribution in [0.3, 0.4) is 0 Å². The highest BCUT2D eigenvalue weighted by molar-refractivity contribution is 6.35. The molecule has 1 aliphatic carbocycles. The van der Waals surface area contributed by atoms with Crippen molar-refractivity contribution < 1.29 is 9.59 Å². The van der Waals surface area contributed by atoms with E-state index in [4.69, 9.17) is 23.2 Å². The Hall–Kier alpha value is -1.30. The zero-order chi connectivity index (χ0) is 23.4. The molecule has 172 valence electrons. The molecule has 1 saturated carbocycles. The van der Waals surface area contributed by atoms with E-state index in [9.17, 15) is 9.59 Å². The summed E-state index contributed by atoms with van der Waals surface area (Å²) in [5.74, 6) is -0.100. The van der Waals surface area contributed by atoms with Crippen molar-refractivity contribution in [1.82, 2.24) is 15.5 Å². The van der Waals surface area contributed by atoms with Gasteiger partial charge in [-0.05, 0) is 91.3 Å². The first-order valence-corrected chi connectivity index (χ1v) is 11.6. The fourth-order valence-electron chi connectivity index (χ4n) is 5.69. The number of carbonyl (C=O) groups excluding carboxylic acids is 2. The number of benzene rings is 1. The van der Waals surface area contributed by atoms with Crippen molar-refractivity contribution in [2.45, 2.75) is 90.4 Å². The van der Waals surface area contributed by atoms with Crippen molar-refractivity contribution in [2.24, 2.45) is 5.41 Å². The third-order valence-electron chi connectivity index (χ3n) is 6.47. The lowest BCUT2D eigenvalue weighted by molar-refractivity contribution is -0.132. The van der Waals surface area contributed by atoms with Crippen LogP contribution in [0.5, 0.6) is 0 Å². The van der Waals surface area contributed by atoms with Crippen LogP contribution >= 0.6 is 23.2 Å². The van der Waals surface area contributed by atoms with Gasteiger partial charge in [0.25, 0.3) is 5.91 Å². The van der Waals surface area contributed by atoms with Crippen LogP contribution in [0, 0.1) is 5.41 Å². The third kappa shape index (κ3) is 5.55. The highest BCUT2D eigenvalue weighted by atomic mass is 35.5. The zero-order valence-electron chi connectivity index (χ0n) is 19.7. The van der Waals surface area contributed by atoms with E-state index >= 15 is 0 Å². The molecule has 0 radical (unpaired) electrons. The lowest BCUT2D eigenvalue weighted by Gasteiger charge is -2.56. The summed E-state index contributed by atoms with van der Waals surface area (Å²) >= 11 is 12.1. The van der Waals surface area contributed by atoms with Gasteiger partial charge in [-0.1, -0.05) is 23.2 Å². The summed E-state index contributed by atoms with van der Waals surface area (Å²) in [5, 5.41) is 7.18. The Kier molecular flexibility index (Phi) is 6.23. The van der Waals surface area contributed by atoms with E-state index in [1.807, 2.05) is 20.8 Å². The van der Waals surface area contributed by atoms with Gasteiger partial charge in [-0.25, -0.2) is 0 Å². The fourth-order valence-corrected chi connectivity index (χ4v) is 6.22. The van der Waals surface area contributed by atoms with E-state index in [1.165, 1.54) is 0 Å². The number of nitrogens with zero attached hydrogens (tertiary/aromatic N) is 1. The average Bonchev–Trinajstić information content (AvgIpc) is 3.17. The first-order valence-electron chi connectivity index (χ1n) is 10.9. The topological polar surface area (TPSA) is 61.4 Å². The third-order valence-corrected chi connectivity index (χ3v) is 6.90. The highest BCUT2D eigenvalue weighted by Gasteiger charge is 2.63. The summed E-state index contributed by atoms with van der Waals surface area (Å²) in [6, 6.07) is 5.01. The average molecular weight is 468 g/mol. The second kappa shape index (κ2) is 7.93. The molecule has 1 unspecified atom stereocenters. The number of piperidine rings is 1. The van der Waals surface area contributed by atoms with E-state index in [0.29, 0.717) is 22.2 Å². The van der Waals surface area contributed by atoms with Crippen LogP contribution in [-0.4, -0.2) is 45.9 Å². The van der Waals surface area contributed by atoms with E-state index in [2.05, 4.69) is 43.2 Å². The molecule has 0 aromatic heterocycles. The molecule has 1 atom stereocenters. The first-order chi connectivity index (χ1) is 14.0. The maximum absolute atomic E-state index is 12.8. The number of nitrogens with one attached hydrogen (secondary N) is 2. The van der Waals surface area contributed by atoms with Crippen LogP contribution in [0.4, 0.5) is 0 Å². The number of hydrogen-bond acceptors (Lipinski definition) is 3. The van der Waals surface area contributed by atoms with Gasteiger partial charge in [-0.2, -0.15) is 0 Å². The second-order valence-corrected chi connectivity index (χ2v) is 12.5. The molecule has 2 N–H and O–H groups in total. The van der Waals surface area contributed by atoms with Crippen LogP contribution < -0.4 is 10.6 Å². The monoisotopic (exact) mass is 467 g/mol. The van der Waals surface area contributed by atoms with Crippen molar-refractivity contribution >= 4 is 35.0 Å². The van der Waals surface area contributed by atoms with Gasteiger partial charge in [-0.3, -0.25) is 14.5 Å². The highest BCUT2D eigenvalue weighted by Crippen LogP contribution is 2.61. The molecule has 3 rings (SSSR count). The van der Waals surface area contributed by atoms with Gasteiger partial charge in [0.1, 0.15) is 0 Å². The number of rotatable bonds is 4. The van der Waals surface area contributed by atoms with Crippen LogP contribution in [-0.2, 0) is 4.79 Å². The SMILES string of the molecule is CC(C)(C)NC(=O)CN1C(C)(C)CC2(CC2NC(=O)c2cc(Cl)cc(Cl)c2)CC1(C)C. The van der Waals surface area contributed by atoms with Gasteiger partial charge in [-0.15, -0.1) is 0 Å². The van der Waals surface area contributed by atoms with Crippen LogP contribution in [0.2, 0.25) is 10.0 Å². The minimum atomic E-state index is -0.253. The number of hydrogen-bond donors (Lipinski definition) is 2. The molecule has 5 nitrogen and oxygen atoms in total. The molecule has 7 heteroatoms. The van der Waals surface area contributed by atoms with E-state index in [-0.39, 0.29) is 39.9 Å². The Morgan fingerprint density at radius 2 is 1.55 bits per heavy atom. The molecular weight excluding hydrogens is 433 g/mol. The largest absolute Gasteiger partial charge is 0.350 e. The predicted octanol–water partition coefficient (Wildman–Crippen LogP) is 5.05. The van der Waals surface area contributed by atoms with Crippen LogP contribution in [0.1, 0.15) is 78.1 Å². The number of likely N-dealkylation sites (tertiary alicyclic amines) is 1. The summed E-state index contributed by atoms with van der Waals surface area (Å²) < 4.78 is 0. The summed E-state index contributed by atoms with van der Waals surface area (Å²) in [6.07, 6.45) is 2.79. The lowest BCUT2D eigenvalue weighted by Crippen LogP contribution is -2.64. The van der Waals surface area contributed by atoms with Crippen LogP contribution in [0.25, 0.3) is 0 Å². The number of amides is 2. The van der Waals surface area contributed by atoms with Crippen molar-refractivity contribution in [1.29, 1.82) is 0 Å². The first kappa shape index (κ1) is 24.3. The molecule has 2 fully saturated rings. The maximum atomic E-state index is 12.8. The summed E-state index contributed by atoms with van der Waals surface area (Å²) in [7, 11) is 0. The van der Waals surface area contributed by atoms with Gasteiger partial charge in [0.05, 0.1) is 6.54 Å². The molecule has 1 saturated heterocycles. The fraction of sp³-hybridized carbons (Fsp3) is 0.667. The van der Waals surface area contributed by atoms with Crippen molar-refractivity contribution in [3.05, 3.63) is 33.8 Å². The molecule has 1 heterocycles. The normalized spacial score (nSPS) is 24.0. The van der Waals surface area contributed by atoms with Gasteiger partial charge >= 0.3 is 0 Å². The summed E-state index contributed by atoms with van der Waals surface area (Å²) in [4.78, 5) is 27.8. The van der Waals surface area contributed by atoms with E-state index < -0.39 is 0 Å². The lowest BCUT2D eigenvalue weighted by atomic mass is 9.71. The maximum Gasteiger partial charge on any atom is 0.251 e. The molecule has 0 bridgehead atoms. The van der Waals surface area contributed by atoms with Crippen molar-refractivity contribution in [3.63, 3.8) is 0 Å².